The number of halogens is 2. The third-order valence-electron chi connectivity index (χ3n) is 3.98. The molecule has 0 fully saturated rings. The summed E-state index contributed by atoms with van der Waals surface area (Å²) in [5.41, 5.74) is 2.49. The standard InChI is InChI=1S/C19H22ClFN2O3S/c1-5-18(19(24)22-14-6-7-17(21)16(20)11-14)23(27(4,25)26)15-9-12(2)8-13(3)10-15/h6-11,18H,5H2,1-4H3,(H,22,24)/t18-/m0/s1. The molecule has 2 aromatic carbocycles. The van der Waals surface area contributed by atoms with E-state index >= 15 is 0 Å². The van der Waals surface area contributed by atoms with Gasteiger partial charge in [-0.15, -0.1) is 0 Å². The Hall–Kier alpha value is -2.12. The minimum absolute atomic E-state index is 0.130. The van der Waals surface area contributed by atoms with Crippen LogP contribution in [0.5, 0.6) is 0 Å². The molecular formula is C19H22ClFN2O3S. The zero-order valence-electron chi connectivity index (χ0n) is 15.6. The number of nitrogens with one attached hydrogen (secondary N) is 1. The van der Waals surface area contributed by atoms with Crippen LogP contribution >= 0.6 is 11.6 Å². The summed E-state index contributed by atoms with van der Waals surface area (Å²) in [5.74, 6) is -1.13. The average molecular weight is 413 g/mol. The fraction of sp³-hybridized carbons (Fsp3) is 0.316. The molecule has 27 heavy (non-hydrogen) atoms. The number of nitrogens with zero attached hydrogens (tertiary/aromatic N) is 1. The van der Waals surface area contributed by atoms with Crippen LogP contribution in [0.15, 0.2) is 36.4 Å². The summed E-state index contributed by atoms with van der Waals surface area (Å²) >= 11 is 5.74. The molecule has 5 nitrogen and oxygen atoms in total. The summed E-state index contributed by atoms with van der Waals surface area (Å²) in [6, 6.07) is 8.18. The van der Waals surface area contributed by atoms with Crippen molar-refractivity contribution in [1.29, 1.82) is 0 Å². The van der Waals surface area contributed by atoms with Gasteiger partial charge in [0.15, 0.2) is 0 Å². The molecule has 146 valence electrons. The zero-order valence-corrected chi connectivity index (χ0v) is 17.2. The van der Waals surface area contributed by atoms with Crippen molar-refractivity contribution in [2.45, 2.75) is 33.2 Å². The second kappa shape index (κ2) is 8.27. The van der Waals surface area contributed by atoms with Gasteiger partial charge in [0.2, 0.25) is 15.9 Å². The Kier molecular flexibility index (Phi) is 6.49. The van der Waals surface area contributed by atoms with Crippen molar-refractivity contribution in [3.8, 4) is 0 Å². The molecule has 0 saturated heterocycles. The van der Waals surface area contributed by atoms with Gasteiger partial charge >= 0.3 is 0 Å². The highest BCUT2D eigenvalue weighted by molar-refractivity contribution is 7.92. The number of rotatable bonds is 6. The zero-order chi connectivity index (χ0) is 20.4. The second-order valence-corrected chi connectivity index (χ2v) is 8.71. The molecular weight excluding hydrogens is 391 g/mol. The molecule has 0 aliphatic heterocycles. The average Bonchev–Trinajstić information content (AvgIpc) is 2.53. The van der Waals surface area contributed by atoms with Gasteiger partial charge in [0.25, 0.3) is 0 Å². The fourth-order valence-corrected chi connectivity index (χ4v) is 4.31. The van der Waals surface area contributed by atoms with Crippen molar-refractivity contribution in [2.75, 3.05) is 15.9 Å². The molecule has 0 spiro atoms. The van der Waals surface area contributed by atoms with E-state index < -0.39 is 27.8 Å². The van der Waals surface area contributed by atoms with E-state index in [4.69, 9.17) is 11.6 Å². The Balaban J connectivity index is 2.42. The number of hydrogen-bond acceptors (Lipinski definition) is 3. The first kappa shape index (κ1) is 21.2. The van der Waals surface area contributed by atoms with E-state index in [1.807, 2.05) is 19.9 Å². The van der Waals surface area contributed by atoms with Gasteiger partial charge in [-0.3, -0.25) is 9.10 Å². The van der Waals surface area contributed by atoms with E-state index in [0.717, 1.165) is 27.8 Å². The Morgan fingerprint density at radius 3 is 2.26 bits per heavy atom. The van der Waals surface area contributed by atoms with Crippen molar-refractivity contribution in [3.05, 3.63) is 58.4 Å². The molecule has 0 saturated carbocycles. The van der Waals surface area contributed by atoms with E-state index in [9.17, 15) is 17.6 Å². The summed E-state index contributed by atoms with van der Waals surface area (Å²) in [6.45, 7) is 5.44. The summed E-state index contributed by atoms with van der Waals surface area (Å²) in [5, 5.41) is 2.49. The molecule has 2 rings (SSSR count). The number of amides is 1. The highest BCUT2D eigenvalue weighted by Crippen LogP contribution is 2.26. The number of sulfonamides is 1. The van der Waals surface area contributed by atoms with Crippen LogP contribution in [-0.2, 0) is 14.8 Å². The van der Waals surface area contributed by atoms with Crippen molar-refractivity contribution in [2.24, 2.45) is 0 Å². The van der Waals surface area contributed by atoms with Crippen LogP contribution in [0.3, 0.4) is 0 Å². The van der Waals surface area contributed by atoms with Crippen LogP contribution in [-0.4, -0.2) is 26.6 Å². The number of carbonyl (C=O) groups is 1. The maximum atomic E-state index is 13.3. The maximum Gasteiger partial charge on any atom is 0.248 e. The van der Waals surface area contributed by atoms with Gasteiger partial charge < -0.3 is 5.32 Å². The molecule has 0 aromatic heterocycles. The first-order valence-corrected chi connectivity index (χ1v) is 10.6. The third kappa shape index (κ3) is 5.20. The summed E-state index contributed by atoms with van der Waals surface area (Å²) in [6.07, 6.45) is 1.32. The van der Waals surface area contributed by atoms with Crippen LogP contribution in [0.2, 0.25) is 5.02 Å². The van der Waals surface area contributed by atoms with E-state index in [0.29, 0.717) is 11.4 Å². The molecule has 1 amide bonds. The van der Waals surface area contributed by atoms with Gasteiger partial charge in [0.05, 0.1) is 17.0 Å². The summed E-state index contributed by atoms with van der Waals surface area (Å²) < 4.78 is 39.4. The number of aryl methyl sites for hydroxylation is 2. The quantitative estimate of drug-likeness (QED) is 0.770. The van der Waals surface area contributed by atoms with E-state index in [2.05, 4.69) is 5.32 Å². The number of carbonyl (C=O) groups excluding carboxylic acids is 1. The second-order valence-electron chi connectivity index (χ2n) is 6.45. The lowest BCUT2D eigenvalue weighted by Gasteiger charge is -2.30. The third-order valence-corrected chi connectivity index (χ3v) is 5.45. The Bertz CT molecular complexity index is 943. The lowest BCUT2D eigenvalue weighted by Crippen LogP contribution is -2.47. The SMILES string of the molecule is CC[C@@H](C(=O)Nc1ccc(F)c(Cl)c1)N(c1cc(C)cc(C)c1)S(C)(=O)=O. The topological polar surface area (TPSA) is 66.5 Å². The molecule has 0 bridgehead atoms. The van der Waals surface area contributed by atoms with Crippen molar-refractivity contribution in [1.82, 2.24) is 0 Å². The predicted octanol–water partition coefficient (Wildman–Crippen LogP) is 4.28. The van der Waals surface area contributed by atoms with Gasteiger partial charge in [-0.2, -0.15) is 0 Å². The minimum atomic E-state index is -3.73. The molecule has 8 heteroatoms. The Labute approximate surface area is 164 Å². The fourth-order valence-electron chi connectivity index (χ4n) is 2.94. The smallest absolute Gasteiger partial charge is 0.248 e. The van der Waals surface area contributed by atoms with Crippen molar-refractivity contribution < 1.29 is 17.6 Å². The van der Waals surface area contributed by atoms with Crippen LogP contribution in [0.1, 0.15) is 24.5 Å². The minimum Gasteiger partial charge on any atom is -0.324 e. The molecule has 0 aliphatic rings. The molecule has 0 radical (unpaired) electrons. The van der Waals surface area contributed by atoms with E-state index in [1.54, 1.807) is 19.1 Å². The van der Waals surface area contributed by atoms with Gasteiger partial charge in [0, 0.05) is 5.69 Å². The Morgan fingerprint density at radius 2 is 1.78 bits per heavy atom. The molecule has 0 heterocycles. The number of anilines is 2. The highest BCUT2D eigenvalue weighted by atomic mass is 35.5. The Morgan fingerprint density at radius 1 is 1.19 bits per heavy atom. The first-order chi connectivity index (χ1) is 12.5. The van der Waals surface area contributed by atoms with Crippen molar-refractivity contribution in [3.63, 3.8) is 0 Å². The molecule has 0 aliphatic carbocycles. The highest BCUT2D eigenvalue weighted by Gasteiger charge is 2.31. The van der Waals surface area contributed by atoms with Gasteiger partial charge in [-0.05, 0) is 61.7 Å². The lowest BCUT2D eigenvalue weighted by atomic mass is 10.1. The van der Waals surface area contributed by atoms with Crippen molar-refractivity contribution >= 4 is 38.9 Å². The van der Waals surface area contributed by atoms with Crippen LogP contribution in [0, 0.1) is 19.7 Å². The van der Waals surface area contributed by atoms with Gasteiger partial charge in [-0.1, -0.05) is 24.6 Å². The number of benzene rings is 2. The lowest BCUT2D eigenvalue weighted by molar-refractivity contribution is -0.117. The maximum absolute atomic E-state index is 13.3. The predicted molar refractivity (Wildman–Crippen MR) is 107 cm³/mol. The van der Waals surface area contributed by atoms with Gasteiger partial charge in [-0.25, -0.2) is 12.8 Å². The molecule has 2 aromatic rings. The van der Waals surface area contributed by atoms with E-state index in [1.165, 1.54) is 12.1 Å². The monoisotopic (exact) mass is 412 g/mol. The molecule has 1 atom stereocenters. The first-order valence-electron chi connectivity index (χ1n) is 8.36. The summed E-state index contributed by atoms with van der Waals surface area (Å²) in [4.78, 5) is 12.8. The van der Waals surface area contributed by atoms with Gasteiger partial charge in [0.1, 0.15) is 11.9 Å². The molecule has 1 N–H and O–H groups in total. The van der Waals surface area contributed by atoms with Crippen LogP contribution in [0.4, 0.5) is 15.8 Å². The number of hydrogen-bond donors (Lipinski definition) is 1. The largest absolute Gasteiger partial charge is 0.324 e. The normalized spacial score (nSPS) is 12.5. The van der Waals surface area contributed by atoms with E-state index in [-0.39, 0.29) is 11.4 Å². The summed E-state index contributed by atoms with van der Waals surface area (Å²) in [7, 11) is -3.73. The van der Waals surface area contributed by atoms with Crippen LogP contribution in [0.25, 0.3) is 0 Å². The van der Waals surface area contributed by atoms with Crippen LogP contribution < -0.4 is 9.62 Å². The molecule has 0 unspecified atom stereocenters.